The number of amides is 1. The van der Waals surface area contributed by atoms with Crippen molar-refractivity contribution in [2.24, 2.45) is 46.3 Å². The average molecular weight is 569 g/mol. The van der Waals surface area contributed by atoms with Crippen molar-refractivity contribution in [1.82, 2.24) is 5.32 Å². The minimum Gasteiger partial charge on any atom is -0.748 e. The van der Waals surface area contributed by atoms with Crippen molar-refractivity contribution >= 4 is 16.0 Å². The Bertz CT molecular complexity index is 893. The van der Waals surface area contributed by atoms with E-state index in [1.165, 1.54) is 69.1 Å². The topological polar surface area (TPSA) is 90.7 Å². The second kappa shape index (κ2) is 14.0. The van der Waals surface area contributed by atoms with E-state index in [1.807, 2.05) is 0 Å². The Morgan fingerprint density at radius 2 is 1.72 bits per heavy atom. The Morgan fingerprint density at radius 3 is 2.36 bits per heavy atom. The first-order valence-electron chi connectivity index (χ1n) is 16.3. The summed E-state index contributed by atoms with van der Waals surface area (Å²) in [7, 11) is 0.424. The first kappa shape index (κ1) is 32.8. The lowest BCUT2D eigenvalue weighted by Gasteiger charge is -2.61. The molecule has 8 atom stereocenters. The van der Waals surface area contributed by atoms with Gasteiger partial charge in [0.25, 0.3) is 0 Å². The predicted octanol–water partition coefficient (Wildman–Crippen LogP) is 5.04. The van der Waals surface area contributed by atoms with Crippen LogP contribution in [0.25, 0.3) is 0 Å². The van der Waals surface area contributed by atoms with Crippen LogP contribution in [0.5, 0.6) is 0 Å². The highest BCUT2D eigenvalue weighted by atomic mass is 32.2. The van der Waals surface area contributed by atoms with Gasteiger partial charge in [0.2, 0.25) is 5.91 Å². The summed E-state index contributed by atoms with van der Waals surface area (Å²) in [6, 6.07) is 0. The van der Waals surface area contributed by atoms with Gasteiger partial charge in [-0.05, 0) is 111 Å². The first-order valence-corrected chi connectivity index (χ1v) is 17.9. The van der Waals surface area contributed by atoms with E-state index in [0.29, 0.717) is 23.2 Å². The predicted molar refractivity (Wildman–Crippen MR) is 158 cm³/mol. The molecule has 0 radical (unpaired) electrons. The molecule has 39 heavy (non-hydrogen) atoms. The molecule has 4 aliphatic rings. The average Bonchev–Trinajstić information content (AvgIpc) is 3.21. The molecule has 4 saturated carbocycles. The van der Waals surface area contributed by atoms with Crippen molar-refractivity contribution in [3.8, 4) is 0 Å². The van der Waals surface area contributed by atoms with Crippen molar-refractivity contribution in [1.29, 1.82) is 0 Å². The highest BCUT2D eigenvalue weighted by Gasteiger charge is 2.60. The summed E-state index contributed by atoms with van der Waals surface area (Å²) in [4.78, 5) is 13.9. The molecule has 4 rings (SSSR count). The van der Waals surface area contributed by atoms with Crippen LogP contribution >= 0.6 is 0 Å². The number of fused-ring (bicyclic) bond motifs is 5. The molecule has 6 nitrogen and oxygen atoms in total. The quantitative estimate of drug-likeness (QED) is 0.285. The Balaban J connectivity index is 0.000000532. The van der Waals surface area contributed by atoms with Crippen LogP contribution in [0, 0.1) is 46.3 Å². The number of carbonyl (C=O) groups excluding carboxylic acids is 1. The Kier molecular flexibility index (Phi) is 11.8. The third kappa shape index (κ3) is 8.22. The van der Waals surface area contributed by atoms with E-state index in [4.69, 9.17) is 0 Å². The summed E-state index contributed by atoms with van der Waals surface area (Å²) in [5, 5.41) is 3.17. The summed E-state index contributed by atoms with van der Waals surface area (Å²) in [6.45, 7) is 11.4. The number of hydrogen-bond acceptors (Lipinski definition) is 4. The lowest BCUT2D eigenvalue weighted by Crippen LogP contribution is -3.05. The maximum Gasteiger partial charge on any atom is 0.220 e. The Hall–Kier alpha value is -0.660. The molecule has 0 saturated heterocycles. The molecule has 0 aromatic heterocycles. The maximum absolute atomic E-state index is 12.4. The van der Waals surface area contributed by atoms with E-state index in [2.05, 4.69) is 40.2 Å². The standard InChI is InChI=1S/C29H52N2O.C3H8O3S/c1-21(10-15-27(32)30-19-8-20-31(4)5)24-13-14-25-23-12-11-22-9-6-7-17-28(22,2)26(23)16-18-29(24,25)3;1-2-3-7(4,5)6/h21-26H,6-20H2,1-5H3,(H,30,32);2-3H2,1H3,(H,4,5,6)/t21-,22?,23+,24-,25+,26+,28+,29-;/m1./s1. The van der Waals surface area contributed by atoms with Gasteiger partial charge in [-0.1, -0.05) is 40.5 Å². The zero-order valence-corrected chi connectivity index (χ0v) is 26.8. The van der Waals surface area contributed by atoms with Crippen molar-refractivity contribution in [2.45, 2.75) is 118 Å². The van der Waals surface area contributed by atoms with Gasteiger partial charge < -0.3 is 14.8 Å². The molecule has 1 amide bonds. The summed E-state index contributed by atoms with van der Waals surface area (Å²) in [5.74, 6) is 5.52. The van der Waals surface area contributed by atoms with Crippen LogP contribution in [0.15, 0.2) is 0 Å². The minimum atomic E-state index is -3.92. The summed E-state index contributed by atoms with van der Waals surface area (Å²) < 4.78 is 29.0. The Morgan fingerprint density at radius 1 is 1.00 bits per heavy atom. The van der Waals surface area contributed by atoms with Gasteiger partial charge in [0.1, 0.15) is 0 Å². The van der Waals surface area contributed by atoms with Gasteiger partial charge in [-0.2, -0.15) is 0 Å². The lowest BCUT2D eigenvalue weighted by molar-refractivity contribution is -0.858. The second-order valence-corrected chi connectivity index (χ2v) is 16.1. The molecule has 0 aromatic carbocycles. The van der Waals surface area contributed by atoms with Gasteiger partial charge in [0.05, 0.1) is 30.8 Å². The molecule has 0 aliphatic heterocycles. The van der Waals surface area contributed by atoms with Gasteiger partial charge in [0.15, 0.2) is 0 Å². The third-order valence-electron chi connectivity index (χ3n) is 11.8. The largest absolute Gasteiger partial charge is 0.748 e. The molecule has 0 bridgehead atoms. The number of carbonyl (C=O) groups is 1. The number of rotatable bonds is 10. The summed E-state index contributed by atoms with van der Waals surface area (Å²) >= 11 is 0. The monoisotopic (exact) mass is 568 g/mol. The maximum atomic E-state index is 12.4. The fourth-order valence-corrected chi connectivity index (χ4v) is 10.3. The van der Waals surface area contributed by atoms with E-state index >= 15 is 0 Å². The molecule has 228 valence electrons. The van der Waals surface area contributed by atoms with Crippen LogP contribution in [0.1, 0.15) is 118 Å². The smallest absolute Gasteiger partial charge is 0.220 e. The fraction of sp³-hybridized carbons (Fsp3) is 0.969. The zero-order valence-electron chi connectivity index (χ0n) is 26.0. The van der Waals surface area contributed by atoms with Crippen LogP contribution in [0.3, 0.4) is 0 Å². The molecule has 4 aliphatic carbocycles. The number of hydrogen-bond donors (Lipinski definition) is 2. The second-order valence-electron chi connectivity index (χ2n) is 14.6. The highest BCUT2D eigenvalue weighted by molar-refractivity contribution is 7.85. The molecule has 1 unspecified atom stereocenters. The van der Waals surface area contributed by atoms with E-state index in [-0.39, 0.29) is 11.7 Å². The SMILES string of the molecule is CCCS(=O)(=O)[O-].C[C@H](CCC(=O)NCCC[NH+](C)C)[C@H]1CC[C@H]2[C@@H]3CCC4CCCC[C@]4(C)[C@H]3CC[C@]12C. The molecule has 0 spiro atoms. The van der Waals surface area contributed by atoms with E-state index < -0.39 is 10.1 Å². The van der Waals surface area contributed by atoms with Crippen LogP contribution in [0.2, 0.25) is 0 Å². The fourth-order valence-electron chi connectivity index (χ4n) is 9.84. The number of nitrogens with one attached hydrogen (secondary N) is 2. The van der Waals surface area contributed by atoms with Crippen molar-refractivity contribution in [2.75, 3.05) is 32.9 Å². The van der Waals surface area contributed by atoms with E-state index in [0.717, 1.165) is 61.9 Å². The van der Waals surface area contributed by atoms with Crippen molar-refractivity contribution in [3.05, 3.63) is 0 Å². The molecule has 4 fully saturated rings. The third-order valence-corrected chi connectivity index (χ3v) is 12.7. The van der Waals surface area contributed by atoms with Crippen LogP contribution < -0.4 is 10.2 Å². The normalized spacial score (nSPS) is 36.7. The highest BCUT2D eigenvalue weighted by Crippen LogP contribution is 2.68. The van der Waals surface area contributed by atoms with Gasteiger partial charge in [-0.15, -0.1) is 0 Å². The van der Waals surface area contributed by atoms with Crippen LogP contribution in [-0.2, 0) is 14.9 Å². The van der Waals surface area contributed by atoms with Crippen LogP contribution in [0.4, 0.5) is 0 Å². The Labute approximate surface area is 240 Å². The summed E-state index contributed by atoms with van der Waals surface area (Å²) in [5.41, 5.74) is 1.18. The molecule has 0 heterocycles. The molecular weight excluding hydrogens is 508 g/mol. The first-order chi connectivity index (χ1) is 18.3. The van der Waals surface area contributed by atoms with Crippen molar-refractivity contribution < 1.29 is 22.7 Å². The van der Waals surface area contributed by atoms with Gasteiger partial charge in [0, 0.05) is 25.1 Å². The molecular formula is C32H60N2O4S. The number of quaternary nitrogens is 1. The van der Waals surface area contributed by atoms with Crippen LogP contribution in [-0.4, -0.2) is 51.8 Å². The lowest BCUT2D eigenvalue weighted by atomic mass is 9.44. The van der Waals surface area contributed by atoms with Gasteiger partial charge in [-0.3, -0.25) is 4.79 Å². The molecule has 0 aromatic rings. The van der Waals surface area contributed by atoms with Gasteiger partial charge in [-0.25, -0.2) is 8.42 Å². The van der Waals surface area contributed by atoms with E-state index in [9.17, 15) is 17.8 Å². The van der Waals surface area contributed by atoms with Crippen molar-refractivity contribution in [3.63, 3.8) is 0 Å². The van der Waals surface area contributed by atoms with E-state index in [1.54, 1.807) is 6.92 Å². The zero-order chi connectivity index (χ0) is 28.8. The van der Waals surface area contributed by atoms with Gasteiger partial charge >= 0.3 is 0 Å². The molecule has 7 heteroatoms. The minimum absolute atomic E-state index is 0.243. The molecule has 2 N–H and O–H groups in total. The summed E-state index contributed by atoms with van der Waals surface area (Å²) in [6.07, 6.45) is 18.1.